The standard InChI is InChI=1S/C53H36N4/c1-57(49-28-16-13-23-40(49)35-17-5-2-6-18-35)39-30-32-44-42-25-12-15-27-46(42)53(48(44)34-39)45-26-14-11-24-41(45)43-31-29-38(33-47(43)53)52-55-50(36-19-7-3-8-20-36)54-51(56-52)37-21-9-4-10-22-37/h2-34H,1H3. The third kappa shape index (κ3) is 5.11. The summed E-state index contributed by atoms with van der Waals surface area (Å²) in [5, 5.41) is 0. The molecule has 0 saturated heterocycles. The van der Waals surface area contributed by atoms with Gasteiger partial charge >= 0.3 is 0 Å². The Labute approximate surface area is 332 Å². The van der Waals surface area contributed by atoms with E-state index in [1.54, 1.807) is 0 Å². The van der Waals surface area contributed by atoms with Gasteiger partial charge in [-0.3, -0.25) is 0 Å². The summed E-state index contributed by atoms with van der Waals surface area (Å²) in [5.74, 6) is 1.95. The van der Waals surface area contributed by atoms with Crippen LogP contribution in [0.4, 0.5) is 11.4 Å². The summed E-state index contributed by atoms with van der Waals surface area (Å²) < 4.78 is 0. The average Bonchev–Trinajstić information content (AvgIpc) is 3.76. The Hall–Kier alpha value is -7.43. The second-order valence-electron chi connectivity index (χ2n) is 14.8. The fourth-order valence-corrected chi connectivity index (χ4v) is 9.18. The van der Waals surface area contributed by atoms with E-state index in [1.165, 1.54) is 55.6 Å². The van der Waals surface area contributed by atoms with Crippen LogP contribution in [-0.2, 0) is 5.41 Å². The van der Waals surface area contributed by atoms with Crippen LogP contribution in [0.1, 0.15) is 22.3 Å². The largest absolute Gasteiger partial charge is 0.344 e. The van der Waals surface area contributed by atoms with Gasteiger partial charge in [-0.15, -0.1) is 0 Å². The second-order valence-corrected chi connectivity index (χ2v) is 14.8. The van der Waals surface area contributed by atoms with Crippen LogP contribution in [0.15, 0.2) is 200 Å². The van der Waals surface area contributed by atoms with Crippen LogP contribution in [0.5, 0.6) is 0 Å². The zero-order chi connectivity index (χ0) is 37.9. The highest BCUT2D eigenvalue weighted by atomic mass is 15.1. The summed E-state index contributed by atoms with van der Waals surface area (Å²) >= 11 is 0. The second kappa shape index (κ2) is 13.1. The lowest BCUT2D eigenvalue weighted by Gasteiger charge is -2.32. The van der Waals surface area contributed by atoms with E-state index in [0.29, 0.717) is 17.5 Å². The van der Waals surface area contributed by atoms with E-state index in [-0.39, 0.29) is 0 Å². The molecule has 0 saturated carbocycles. The van der Waals surface area contributed by atoms with E-state index >= 15 is 0 Å². The summed E-state index contributed by atoms with van der Waals surface area (Å²) in [7, 11) is 2.18. The Morgan fingerprint density at radius 2 is 0.754 bits per heavy atom. The van der Waals surface area contributed by atoms with Gasteiger partial charge in [0.05, 0.1) is 5.41 Å². The topological polar surface area (TPSA) is 41.9 Å². The summed E-state index contributed by atoms with van der Waals surface area (Å²) in [5.41, 5.74) is 17.1. The van der Waals surface area contributed by atoms with Crippen LogP contribution in [0.3, 0.4) is 0 Å². The molecule has 1 heterocycles. The summed E-state index contributed by atoms with van der Waals surface area (Å²) in [6.07, 6.45) is 0. The van der Waals surface area contributed by atoms with E-state index in [1.807, 2.05) is 36.4 Å². The first-order chi connectivity index (χ1) is 28.2. The Balaban J connectivity index is 1.13. The number of nitrogens with zero attached hydrogens (tertiary/aromatic N) is 4. The molecule has 9 aromatic rings. The lowest BCUT2D eigenvalue weighted by atomic mass is 9.70. The average molecular weight is 729 g/mol. The molecule has 1 spiro atoms. The highest BCUT2D eigenvalue weighted by molar-refractivity contribution is 5.97. The van der Waals surface area contributed by atoms with Gasteiger partial charge in [-0.25, -0.2) is 15.0 Å². The maximum absolute atomic E-state index is 5.15. The van der Waals surface area contributed by atoms with E-state index in [4.69, 9.17) is 15.0 Å². The first-order valence-corrected chi connectivity index (χ1v) is 19.4. The van der Waals surface area contributed by atoms with Gasteiger partial charge in [0.25, 0.3) is 0 Å². The fourth-order valence-electron chi connectivity index (χ4n) is 9.18. The monoisotopic (exact) mass is 728 g/mol. The van der Waals surface area contributed by atoms with E-state index in [0.717, 1.165) is 28.1 Å². The quantitative estimate of drug-likeness (QED) is 0.171. The molecule has 0 aliphatic heterocycles. The minimum absolute atomic E-state index is 0.554. The molecule has 0 radical (unpaired) electrons. The van der Waals surface area contributed by atoms with E-state index < -0.39 is 5.41 Å². The molecule has 2 aliphatic rings. The molecular weight excluding hydrogens is 693 g/mol. The predicted octanol–water partition coefficient (Wildman–Crippen LogP) is 12.7. The van der Waals surface area contributed by atoms with Crippen LogP contribution in [-0.4, -0.2) is 22.0 Å². The Kier molecular flexibility index (Phi) is 7.58. The molecule has 57 heavy (non-hydrogen) atoms. The molecule has 2 aliphatic carbocycles. The highest BCUT2D eigenvalue weighted by Crippen LogP contribution is 2.63. The summed E-state index contributed by atoms with van der Waals surface area (Å²) in [4.78, 5) is 17.6. The fraction of sp³-hybridized carbons (Fsp3) is 0.0377. The summed E-state index contributed by atoms with van der Waals surface area (Å²) in [6, 6.07) is 71.4. The van der Waals surface area contributed by atoms with Crippen molar-refractivity contribution < 1.29 is 0 Å². The van der Waals surface area contributed by atoms with Crippen LogP contribution in [0.25, 0.3) is 67.5 Å². The maximum atomic E-state index is 5.15. The molecule has 1 aromatic heterocycles. The predicted molar refractivity (Wildman–Crippen MR) is 232 cm³/mol. The SMILES string of the molecule is CN(c1ccc2c(c1)C1(c3ccccc3-c3ccc(-c4nc(-c5ccccc5)nc(-c5ccccc5)n4)cc31)c1ccccc1-2)c1ccccc1-c1ccccc1. The molecule has 4 nitrogen and oxygen atoms in total. The smallest absolute Gasteiger partial charge is 0.164 e. The van der Waals surface area contributed by atoms with Gasteiger partial charge in [-0.2, -0.15) is 0 Å². The molecular formula is C53H36N4. The number of aromatic nitrogens is 3. The highest BCUT2D eigenvalue weighted by Gasteiger charge is 2.52. The van der Waals surface area contributed by atoms with Gasteiger partial charge in [0.15, 0.2) is 17.5 Å². The van der Waals surface area contributed by atoms with Crippen LogP contribution < -0.4 is 4.90 Å². The molecule has 0 fully saturated rings. The van der Waals surface area contributed by atoms with Crippen LogP contribution in [0.2, 0.25) is 0 Å². The van der Waals surface area contributed by atoms with Crippen molar-refractivity contribution in [2.24, 2.45) is 0 Å². The van der Waals surface area contributed by atoms with Crippen molar-refractivity contribution in [1.29, 1.82) is 0 Å². The first-order valence-electron chi connectivity index (χ1n) is 19.4. The Morgan fingerprint density at radius 3 is 1.33 bits per heavy atom. The maximum Gasteiger partial charge on any atom is 0.164 e. The number of hydrogen-bond donors (Lipinski definition) is 0. The molecule has 0 N–H and O–H groups in total. The molecule has 0 bridgehead atoms. The molecule has 268 valence electrons. The molecule has 11 rings (SSSR count). The van der Waals surface area contributed by atoms with Crippen LogP contribution in [0, 0.1) is 0 Å². The van der Waals surface area contributed by atoms with Gasteiger partial charge in [0, 0.05) is 40.7 Å². The number of fused-ring (bicyclic) bond motifs is 10. The third-order valence-electron chi connectivity index (χ3n) is 11.8. The number of rotatable bonds is 6. The molecule has 1 atom stereocenters. The summed E-state index contributed by atoms with van der Waals surface area (Å²) in [6.45, 7) is 0. The lowest BCUT2D eigenvalue weighted by Crippen LogP contribution is -2.26. The molecule has 0 amide bonds. The molecule has 8 aromatic carbocycles. The zero-order valence-corrected chi connectivity index (χ0v) is 31.3. The number of benzene rings is 8. The molecule has 1 unspecified atom stereocenters. The van der Waals surface area contributed by atoms with Gasteiger partial charge in [0.1, 0.15) is 0 Å². The Bertz CT molecular complexity index is 2910. The number of para-hydroxylation sites is 1. The van der Waals surface area contributed by atoms with Gasteiger partial charge in [0.2, 0.25) is 0 Å². The van der Waals surface area contributed by atoms with Crippen molar-refractivity contribution in [3.05, 3.63) is 222 Å². The van der Waals surface area contributed by atoms with Crippen molar-refractivity contribution in [3.63, 3.8) is 0 Å². The zero-order valence-electron chi connectivity index (χ0n) is 31.3. The number of anilines is 2. The normalized spacial score (nSPS) is 14.5. The van der Waals surface area contributed by atoms with Crippen molar-refractivity contribution in [1.82, 2.24) is 15.0 Å². The van der Waals surface area contributed by atoms with Crippen molar-refractivity contribution >= 4 is 11.4 Å². The van der Waals surface area contributed by atoms with E-state index in [9.17, 15) is 0 Å². The first kappa shape index (κ1) is 33.0. The van der Waals surface area contributed by atoms with Gasteiger partial charge in [-0.1, -0.05) is 176 Å². The minimum atomic E-state index is -0.554. The third-order valence-corrected chi connectivity index (χ3v) is 11.8. The van der Waals surface area contributed by atoms with Crippen LogP contribution >= 0.6 is 0 Å². The number of hydrogen-bond acceptors (Lipinski definition) is 4. The minimum Gasteiger partial charge on any atom is -0.344 e. The van der Waals surface area contributed by atoms with Gasteiger partial charge in [-0.05, 0) is 74.3 Å². The molecule has 4 heteroatoms. The van der Waals surface area contributed by atoms with Gasteiger partial charge < -0.3 is 4.90 Å². The lowest BCUT2D eigenvalue weighted by molar-refractivity contribution is 0.793. The van der Waals surface area contributed by atoms with Crippen molar-refractivity contribution in [2.75, 3.05) is 11.9 Å². The Morgan fingerprint density at radius 1 is 0.333 bits per heavy atom. The van der Waals surface area contributed by atoms with E-state index in [2.05, 4.69) is 176 Å². The van der Waals surface area contributed by atoms with Crippen molar-refractivity contribution in [2.45, 2.75) is 5.41 Å². The van der Waals surface area contributed by atoms with Crippen molar-refractivity contribution in [3.8, 4) is 67.5 Å².